The lowest BCUT2D eigenvalue weighted by Crippen LogP contribution is -2.43. The highest BCUT2D eigenvalue weighted by Gasteiger charge is 2.31. The van der Waals surface area contributed by atoms with Crippen molar-refractivity contribution < 1.29 is 24.0 Å². The van der Waals surface area contributed by atoms with Crippen molar-refractivity contribution in [1.29, 1.82) is 0 Å². The maximum atomic E-state index is 12.5. The highest BCUT2D eigenvalue weighted by atomic mass is 16.6. The van der Waals surface area contributed by atoms with Crippen LogP contribution in [0.4, 0.5) is 15.3 Å². The number of hydrogen-bond donors (Lipinski definition) is 0. The molecule has 1 rings (SSSR count). The number of nitrogens with zero attached hydrogens (tertiary/aromatic N) is 2. The Morgan fingerprint density at radius 2 is 1.50 bits per heavy atom. The quantitative estimate of drug-likeness (QED) is 0.574. The lowest BCUT2D eigenvalue weighted by Gasteiger charge is -2.29. The first kappa shape index (κ1) is 21.4. The predicted molar refractivity (Wildman–Crippen MR) is 95.8 cm³/mol. The first-order chi connectivity index (χ1) is 11.7. The van der Waals surface area contributed by atoms with E-state index < -0.39 is 28.3 Å². The van der Waals surface area contributed by atoms with Crippen LogP contribution in [0.15, 0.2) is 18.2 Å². The van der Waals surface area contributed by atoms with Crippen molar-refractivity contribution in [2.45, 2.75) is 66.2 Å². The molecule has 0 radical (unpaired) electrons. The average molecular weight is 366 g/mol. The van der Waals surface area contributed by atoms with Crippen LogP contribution in [-0.4, -0.2) is 33.2 Å². The fourth-order valence-corrected chi connectivity index (χ4v) is 1.98. The first-order valence-corrected chi connectivity index (χ1v) is 8.17. The van der Waals surface area contributed by atoms with Crippen LogP contribution in [0, 0.1) is 17.0 Å². The van der Waals surface area contributed by atoms with Crippen LogP contribution in [0.2, 0.25) is 0 Å². The Hall–Kier alpha value is -2.64. The molecular weight excluding hydrogens is 340 g/mol. The molecule has 26 heavy (non-hydrogen) atoms. The highest BCUT2D eigenvalue weighted by molar-refractivity contribution is 5.88. The fourth-order valence-electron chi connectivity index (χ4n) is 1.98. The minimum Gasteiger partial charge on any atom is -0.443 e. The van der Waals surface area contributed by atoms with Crippen molar-refractivity contribution in [3.05, 3.63) is 39.4 Å². The van der Waals surface area contributed by atoms with Gasteiger partial charge in [0.25, 0.3) is 5.69 Å². The molecule has 0 N–H and O–H groups in total. The molecule has 0 unspecified atom stereocenters. The standard InChI is InChI=1S/C18H26N2O6/c1-12-10-14(20(23)24)9-8-13(12)11-19(15(21)25-17(2,3)4)16(22)26-18(5,6)7/h8-10H,11H2,1-7H3. The van der Waals surface area contributed by atoms with E-state index in [4.69, 9.17) is 9.47 Å². The molecule has 1 aromatic rings. The third-order valence-electron chi connectivity index (χ3n) is 3.09. The number of nitro benzene ring substituents is 1. The first-order valence-electron chi connectivity index (χ1n) is 8.17. The van der Waals surface area contributed by atoms with Crippen molar-refractivity contribution in [2.24, 2.45) is 0 Å². The van der Waals surface area contributed by atoms with Crippen molar-refractivity contribution in [3.63, 3.8) is 0 Å². The number of hydrogen-bond acceptors (Lipinski definition) is 6. The van der Waals surface area contributed by atoms with Crippen molar-refractivity contribution in [3.8, 4) is 0 Å². The van der Waals surface area contributed by atoms with E-state index in [1.807, 2.05) is 0 Å². The summed E-state index contributed by atoms with van der Waals surface area (Å²) >= 11 is 0. The summed E-state index contributed by atoms with van der Waals surface area (Å²) in [6.45, 7) is 11.7. The Balaban J connectivity index is 3.14. The molecule has 0 saturated carbocycles. The van der Waals surface area contributed by atoms with Crippen molar-refractivity contribution in [2.75, 3.05) is 0 Å². The molecule has 2 amide bonds. The van der Waals surface area contributed by atoms with E-state index in [1.54, 1.807) is 48.5 Å². The van der Waals surface area contributed by atoms with Gasteiger partial charge >= 0.3 is 12.2 Å². The molecule has 8 heteroatoms. The zero-order chi connectivity index (χ0) is 20.3. The summed E-state index contributed by atoms with van der Waals surface area (Å²) in [5.74, 6) is 0. The van der Waals surface area contributed by atoms with Gasteiger partial charge in [-0.2, -0.15) is 0 Å². The summed E-state index contributed by atoms with van der Waals surface area (Å²) in [5, 5.41) is 10.9. The van der Waals surface area contributed by atoms with Gasteiger partial charge in [0, 0.05) is 12.1 Å². The van der Waals surface area contributed by atoms with Gasteiger partial charge in [-0.25, -0.2) is 14.5 Å². The molecule has 0 atom stereocenters. The molecule has 0 spiro atoms. The van der Waals surface area contributed by atoms with E-state index in [0.717, 1.165) is 4.90 Å². The van der Waals surface area contributed by atoms with Gasteiger partial charge in [-0.1, -0.05) is 6.07 Å². The number of aryl methyl sites for hydroxylation is 1. The monoisotopic (exact) mass is 366 g/mol. The number of non-ortho nitro benzene ring substituents is 1. The van der Waals surface area contributed by atoms with Crippen LogP contribution >= 0.6 is 0 Å². The number of rotatable bonds is 3. The van der Waals surface area contributed by atoms with Crippen LogP contribution < -0.4 is 0 Å². The minimum atomic E-state index is -0.843. The van der Waals surface area contributed by atoms with Gasteiger partial charge in [0.1, 0.15) is 11.2 Å². The third kappa shape index (κ3) is 6.70. The topological polar surface area (TPSA) is 99.0 Å². The van der Waals surface area contributed by atoms with Gasteiger partial charge in [0.05, 0.1) is 11.5 Å². The Morgan fingerprint density at radius 1 is 1.04 bits per heavy atom. The Bertz CT molecular complexity index is 673. The van der Waals surface area contributed by atoms with Gasteiger partial charge in [0.2, 0.25) is 0 Å². The Labute approximate surface area is 153 Å². The second-order valence-electron chi connectivity index (χ2n) is 7.91. The molecular formula is C18H26N2O6. The number of nitro groups is 1. The predicted octanol–water partition coefficient (Wildman–Crippen LogP) is 4.58. The molecule has 0 bridgehead atoms. The maximum Gasteiger partial charge on any atom is 0.420 e. The van der Waals surface area contributed by atoms with Crippen LogP contribution in [0.25, 0.3) is 0 Å². The molecule has 8 nitrogen and oxygen atoms in total. The molecule has 0 aliphatic heterocycles. The van der Waals surface area contributed by atoms with Gasteiger partial charge in [-0.3, -0.25) is 10.1 Å². The molecule has 0 saturated heterocycles. The SMILES string of the molecule is Cc1cc([N+](=O)[O-])ccc1CN(C(=O)OC(C)(C)C)C(=O)OC(C)(C)C. The van der Waals surface area contributed by atoms with Crippen molar-refractivity contribution in [1.82, 2.24) is 4.90 Å². The number of ether oxygens (including phenoxy) is 2. The summed E-state index contributed by atoms with van der Waals surface area (Å²) in [4.78, 5) is 36.2. The molecule has 0 aliphatic rings. The van der Waals surface area contributed by atoms with E-state index in [1.165, 1.54) is 18.2 Å². The van der Waals surface area contributed by atoms with Gasteiger partial charge in [-0.05, 0) is 59.6 Å². The third-order valence-corrected chi connectivity index (χ3v) is 3.09. The molecule has 0 heterocycles. The van der Waals surface area contributed by atoms with E-state index in [2.05, 4.69) is 0 Å². The van der Waals surface area contributed by atoms with E-state index in [9.17, 15) is 19.7 Å². The number of carbonyl (C=O) groups is 2. The molecule has 144 valence electrons. The lowest BCUT2D eigenvalue weighted by atomic mass is 10.1. The molecule has 0 fully saturated rings. The van der Waals surface area contributed by atoms with E-state index >= 15 is 0 Å². The normalized spacial score (nSPS) is 11.7. The highest BCUT2D eigenvalue weighted by Crippen LogP contribution is 2.21. The second kappa shape index (κ2) is 7.72. The number of carbonyl (C=O) groups excluding carboxylic acids is 2. The number of benzene rings is 1. The molecule has 0 aliphatic carbocycles. The summed E-state index contributed by atoms with van der Waals surface area (Å²) in [7, 11) is 0. The molecule has 0 aromatic heterocycles. The smallest absolute Gasteiger partial charge is 0.420 e. The summed E-state index contributed by atoms with van der Waals surface area (Å²) in [6, 6.07) is 4.22. The summed E-state index contributed by atoms with van der Waals surface area (Å²) < 4.78 is 10.6. The average Bonchev–Trinajstić information content (AvgIpc) is 2.41. The van der Waals surface area contributed by atoms with Crippen LogP contribution in [-0.2, 0) is 16.0 Å². The number of amides is 2. The summed E-state index contributed by atoms with van der Waals surface area (Å²) in [6.07, 6.45) is -1.69. The lowest BCUT2D eigenvalue weighted by molar-refractivity contribution is -0.384. The Morgan fingerprint density at radius 3 is 1.85 bits per heavy atom. The van der Waals surface area contributed by atoms with Crippen LogP contribution in [0.5, 0.6) is 0 Å². The zero-order valence-corrected chi connectivity index (χ0v) is 16.3. The van der Waals surface area contributed by atoms with Gasteiger partial charge < -0.3 is 9.47 Å². The van der Waals surface area contributed by atoms with Gasteiger partial charge in [0.15, 0.2) is 0 Å². The number of imide groups is 1. The maximum absolute atomic E-state index is 12.5. The van der Waals surface area contributed by atoms with Gasteiger partial charge in [-0.15, -0.1) is 0 Å². The van der Waals surface area contributed by atoms with E-state index in [0.29, 0.717) is 11.1 Å². The van der Waals surface area contributed by atoms with E-state index in [-0.39, 0.29) is 12.2 Å². The van der Waals surface area contributed by atoms with Crippen molar-refractivity contribution >= 4 is 17.9 Å². The second-order valence-corrected chi connectivity index (χ2v) is 7.91. The largest absolute Gasteiger partial charge is 0.443 e. The Kier molecular flexibility index (Phi) is 6.35. The minimum absolute atomic E-state index is 0.0627. The summed E-state index contributed by atoms with van der Waals surface area (Å²) in [5.41, 5.74) is -0.486. The van der Waals surface area contributed by atoms with Crippen LogP contribution in [0.1, 0.15) is 52.7 Å². The molecule has 1 aromatic carbocycles. The fraction of sp³-hybridized carbons (Fsp3) is 0.556. The van der Waals surface area contributed by atoms with Crippen LogP contribution in [0.3, 0.4) is 0 Å². The zero-order valence-electron chi connectivity index (χ0n) is 16.3.